The van der Waals surface area contributed by atoms with Gasteiger partial charge in [0.25, 0.3) is 0 Å². The van der Waals surface area contributed by atoms with Gasteiger partial charge in [-0.3, -0.25) is 4.98 Å². The fourth-order valence-corrected chi connectivity index (χ4v) is 0.784. The van der Waals surface area contributed by atoms with Gasteiger partial charge in [0.1, 0.15) is 0 Å². The van der Waals surface area contributed by atoms with E-state index in [1.54, 1.807) is 12.1 Å². The minimum Gasteiger partial charge on any atom is -0.502 e. The summed E-state index contributed by atoms with van der Waals surface area (Å²) >= 11 is 0. The standard InChI is InChI=1S/C9H9NO3/c1-6-2-3-7(5-10-6)4-8(11)9(12)13/h2-5,11H,1H3,(H,12,13)/b8-4-. The van der Waals surface area contributed by atoms with Crippen LogP contribution >= 0.6 is 0 Å². The van der Waals surface area contributed by atoms with Crippen molar-refractivity contribution in [2.24, 2.45) is 0 Å². The number of carboxylic acids is 1. The summed E-state index contributed by atoms with van der Waals surface area (Å²) in [6.07, 6.45) is 2.64. The molecule has 13 heavy (non-hydrogen) atoms. The van der Waals surface area contributed by atoms with Gasteiger partial charge in [-0.2, -0.15) is 0 Å². The lowest BCUT2D eigenvalue weighted by atomic mass is 10.2. The molecule has 4 heteroatoms. The highest BCUT2D eigenvalue weighted by Crippen LogP contribution is 2.04. The SMILES string of the molecule is Cc1ccc(/C=C(\O)C(=O)O)cn1. The first-order valence-electron chi connectivity index (χ1n) is 3.66. The highest BCUT2D eigenvalue weighted by atomic mass is 16.4. The zero-order chi connectivity index (χ0) is 9.84. The number of nitrogens with zero attached hydrogens (tertiary/aromatic N) is 1. The van der Waals surface area contributed by atoms with Crippen LogP contribution in [0.2, 0.25) is 0 Å². The lowest BCUT2D eigenvalue weighted by Crippen LogP contribution is -1.98. The molecule has 0 unspecified atom stereocenters. The highest BCUT2D eigenvalue weighted by molar-refractivity contribution is 5.89. The zero-order valence-electron chi connectivity index (χ0n) is 7.06. The summed E-state index contributed by atoms with van der Waals surface area (Å²) in [5.41, 5.74) is 1.40. The van der Waals surface area contributed by atoms with E-state index in [-0.39, 0.29) is 0 Å². The molecule has 0 aliphatic rings. The van der Waals surface area contributed by atoms with Crippen molar-refractivity contribution in [2.45, 2.75) is 6.92 Å². The number of aliphatic hydroxyl groups is 1. The number of pyridine rings is 1. The molecule has 68 valence electrons. The van der Waals surface area contributed by atoms with Gasteiger partial charge in [0.2, 0.25) is 5.76 Å². The first kappa shape index (κ1) is 9.25. The van der Waals surface area contributed by atoms with Crippen molar-refractivity contribution in [3.63, 3.8) is 0 Å². The van der Waals surface area contributed by atoms with Gasteiger partial charge in [-0.25, -0.2) is 4.79 Å². The molecule has 0 radical (unpaired) electrons. The molecule has 0 aromatic carbocycles. The van der Waals surface area contributed by atoms with Crippen LogP contribution in [0.1, 0.15) is 11.3 Å². The summed E-state index contributed by atoms with van der Waals surface area (Å²) in [4.78, 5) is 14.2. The molecule has 0 spiro atoms. The van der Waals surface area contributed by atoms with Crippen molar-refractivity contribution >= 4 is 12.0 Å². The molecular formula is C9H9NO3. The van der Waals surface area contributed by atoms with Crippen LogP contribution in [-0.2, 0) is 4.79 Å². The lowest BCUT2D eigenvalue weighted by Gasteiger charge is -1.94. The fourth-order valence-electron chi connectivity index (χ4n) is 0.784. The van der Waals surface area contributed by atoms with Crippen molar-refractivity contribution < 1.29 is 15.0 Å². The van der Waals surface area contributed by atoms with Crippen LogP contribution < -0.4 is 0 Å². The molecular weight excluding hydrogens is 170 g/mol. The summed E-state index contributed by atoms with van der Waals surface area (Å²) in [6, 6.07) is 3.42. The first-order chi connectivity index (χ1) is 6.09. The second-order valence-corrected chi connectivity index (χ2v) is 2.57. The average Bonchev–Trinajstić information content (AvgIpc) is 2.08. The van der Waals surface area contributed by atoms with E-state index in [0.29, 0.717) is 5.56 Å². The van der Waals surface area contributed by atoms with E-state index in [0.717, 1.165) is 11.8 Å². The molecule has 0 atom stereocenters. The van der Waals surface area contributed by atoms with E-state index in [1.165, 1.54) is 6.20 Å². The molecule has 1 aromatic heterocycles. The fraction of sp³-hybridized carbons (Fsp3) is 0.111. The quantitative estimate of drug-likeness (QED) is 0.531. The van der Waals surface area contributed by atoms with Crippen molar-refractivity contribution in [1.29, 1.82) is 0 Å². The Morgan fingerprint density at radius 3 is 2.62 bits per heavy atom. The van der Waals surface area contributed by atoms with Crippen molar-refractivity contribution in [2.75, 3.05) is 0 Å². The maximum Gasteiger partial charge on any atom is 0.370 e. The Hall–Kier alpha value is -1.84. The van der Waals surface area contributed by atoms with Gasteiger partial charge in [-0.05, 0) is 24.6 Å². The minimum atomic E-state index is -1.35. The minimum absolute atomic E-state index is 0.561. The number of carboxylic acid groups (broad SMARTS) is 1. The van der Waals surface area contributed by atoms with Gasteiger partial charge in [0.05, 0.1) is 0 Å². The van der Waals surface area contributed by atoms with E-state index >= 15 is 0 Å². The molecule has 1 rings (SSSR count). The predicted molar refractivity (Wildman–Crippen MR) is 47.2 cm³/mol. The van der Waals surface area contributed by atoms with Crippen molar-refractivity contribution in [3.8, 4) is 0 Å². The van der Waals surface area contributed by atoms with Crippen LogP contribution in [0.15, 0.2) is 24.1 Å². The molecule has 0 bridgehead atoms. The van der Waals surface area contributed by atoms with Gasteiger partial charge in [-0.1, -0.05) is 6.07 Å². The first-order valence-corrected chi connectivity index (χ1v) is 3.66. The van der Waals surface area contributed by atoms with Crippen LogP contribution in [0.5, 0.6) is 0 Å². The number of aromatic nitrogens is 1. The maximum absolute atomic E-state index is 10.2. The largest absolute Gasteiger partial charge is 0.502 e. The van der Waals surface area contributed by atoms with Crippen LogP contribution in [0, 0.1) is 6.92 Å². The normalized spacial score (nSPS) is 11.3. The third kappa shape index (κ3) is 2.59. The third-order valence-corrected chi connectivity index (χ3v) is 1.46. The van der Waals surface area contributed by atoms with Crippen LogP contribution in [0.4, 0.5) is 0 Å². The molecule has 1 aromatic rings. The summed E-state index contributed by atoms with van der Waals surface area (Å²) in [5.74, 6) is -2.04. The molecule has 0 saturated heterocycles. The third-order valence-electron chi connectivity index (χ3n) is 1.46. The van der Waals surface area contributed by atoms with Gasteiger partial charge >= 0.3 is 5.97 Å². The molecule has 0 aliphatic carbocycles. The Balaban J connectivity index is 2.92. The molecule has 0 fully saturated rings. The van der Waals surface area contributed by atoms with Crippen LogP contribution in [0.25, 0.3) is 6.08 Å². The van der Waals surface area contributed by atoms with Crippen LogP contribution in [-0.4, -0.2) is 21.2 Å². The second kappa shape index (κ2) is 3.71. The van der Waals surface area contributed by atoms with Gasteiger partial charge in [-0.15, -0.1) is 0 Å². The summed E-state index contributed by atoms with van der Waals surface area (Å²) in [5, 5.41) is 17.2. The zero-order valence-corrected chi connectivity index (χ0v) is 7.06. The number of rotatable bonds is 2. The van der Waals surface area contributed by atoms with Crippen LogP contribution in [0.3, 0.4) is 0 Å². The van der Waals surface area contributed by atoms with E-state index in [2.05, 4.69) is 4.98 Å². The summed E-state index contributed by atoms with van der Waals surface area (Å²) < 4.78 is 0. The average molecular weight is 179 g/mol. The maximum atomic E-state index is 10.2. The van der Waals surface area contributed by atoms with Crippen molar-refractivity contribution in [1.82, 2.24) is 4.98 Å². The highest BCUT2D eigenvalue weighted by Gasteiger charge is 2.02. The van der Waals surface area contributed by atoms with E-state index in [4.69, 9.17) is 10.2 Å². The lowest BCUT2D eigenvalue weighted by molar-refractivity contribution is -0.135. The Morgan fingerprint density at radius 2 is 2.15 bits per heavy atom. The monoisotopic (exact) mass is 179 g/mol. The number of hydrogen-bond donors (Lipinski definition) is 2. The molecule has 0 aliphatic heterocycles. The summed E-state index contributed by atoms with van der Waals surface area (Å²) in [7, 11) is 0. The van der Waals surface area contributed by atoms with E-state index in [9.17, 15) is 4.79 Å². The van der Waals surface area contributed by atoms with Crippen molar-refractivity contribution in [3.05, 3.63) is 35.3 Å². The number of aryl methyl sites for hydroxylation is 1. The smallest absolute Gasteiger partial charge is 0.370 e. The van der Waals surface area contributed by atoms with Gasteiger partial charge in [0, 0.05) is 11.9 Å². The Labute approximate surface area is 75.2 Å². The number of hydrogen-bond acceptors (Lipinski definition) is 3. The van der Waals surface area contributed by atoms with Gasteiger partial charge < -0.3 is 10.2 Å². The molecule has 1 heterocycles. The molecule has 0 saturated carbocycles. The number of aliphatic hydroxyl groups excluding tert-OH is 1. The number of aliphatic carboxylic acids is 1. The summed E-state index contributed by atoms with van der Waals surface area (Å²) in [6.45, 7) is 1.82. The van der Waals surface area contributed by atoms with E-state index in [1.807, 2.05) is 6.92 Å². The molecule has 2 N–H and O–H groups in total. The number of carbonyl (C=O) groups is 1. The molecule has 0 amide bonds. The molecule has 4 nitrogen and oxygen atoms in total. The van der Waals surface area contributed by atoms with Gasteiger partial charge in [0.15, 0.2) is 0 Å². The topological polar surface area (TPSA) is 70.4 Å². The second-order valence-electron chi connectivity index (χ2n) is 2.57. The van der Waals surface area contributed by atoms with E-state index < -0.39 is 11.7 Å². The Morgan fingerprint density at radius 1 is 1.46 bits per heavy atom. The predicted octanol–water partition coefficient (Wildman–Crippen LogP) is 1.37. The Kier molecular flexibility index (Phi) is 2.64. The Bertz CT molecular complexity index is 340.